The number of hydrogen-bond acceptors (Lipinski definition) is 6. The molecule has 4 saturated heterocycles. The third-order valence-corrected chi connectivity index (χ3v) is 8.51. The summed E-state index contributed by atoms with van der Waals surface area (Å²) < 4.78 is 0. The van der Waals surface area contributed by atoms with Crippen molar-refractivity contribution in [3.63, 3.8) is 0 Å². The topological polar surface area (TPSA) is 88.7 Å². The van der Waals surface area contributed by atoms with Gasteiger partial charge in [0.2, 0.25) is 11.8 Å². The number of amides is 2. The minimum Gasteiger partial charge on any atom is -0.317 e. The molecule has 0 bridgehead atoms. The van der Waals surface area contributed by atoms with Crippen LogP contribution in [0.4, 0.5) is 0 Å². The number of nitrogens with zero attached hydrogens (tertiary/aromatic N) is 5. The second-order valence-corrected chi connectivity index (χ2v) is 11.6. The van der Waals surface area contributed by atoms with Crippen LogP contribution in [-0.4, -0.2) is 109 Å². The minimum absolute atomic E-state index is 0.0637. The van der Waals surface area contributed by atoms with E-state index in [0.717, 1.165) is 90.6 Å². The van der Waals surface area contributed by atoms with Crippen molar-refractivity contribution in [1.82, 2.24) is 30.7 Å². The summed E-state index contributed by atoms with van der Waals surface area (Å²) in [6.07, 6.45) is 7.37. The molecule has 0 saturated carbocycles. The fourth-order valence-corrected chi connectivity index (χ4v) is 5.57. The van der Waals surface area contributed by atoms with Crippen LogP contribution < -0.4 is 16.0 Å². The highest BCUT2D eigenvalue weighted by Gasteiger charge is 2.36. The highest BCUT2D eigenvalue weighted by Crippen LogP contribution is 2.22. The molecule has 0 unspecified atom stereocenters. The van der Waals surface area contributed by atoms with Crippen molar-refractivity contribution in [1.29, 1.82) is 0 Å². The van der Waals surface area contributed by atoms with Crippen LogP contribution in [0.5, 0.6) is 0 Å². The summed E-state index contributed by atoms with van der Waals surface area (Å²) >= 11 is 0. The lowest BCUT2D eigenvalue weighted by molar-refractivity contribution is -0.131. The smallest absolute Gasteiger partial charge is 0.300 e. The van der Waals surface area contributed by atoms with Crippen molar-refractivity contribution in [3.05, 3.63) is 22.8 Å². The number of likely N-dealkylation sites (tertiary alicyclic amines) is 3. The average Bonchev–Trinajstić information content (AvgIpc) is 3.58. The number of nitrogens with one attached hydrogen (secondary N) is 3. The Labute approximate surface area is 223 Å². The van der Waals surface area contributed by atoms with E-state index in [1.54, 1.807) is 9.80 Å². The van der Waals surface area contributed by atoms with Gasteiger partial charge in [-0.05, 0) is 85.6 Å². The van der Waals surface area contributed by atoms with Gasteiger partial charge < -0.3 is 20.9 Å². The third kappa shape index (κ3) is 8.38. The first kappa shape index (κ1) is 29.3. The molecule has 0 aromatic carbocycles. The van der Waals surface area contributed by atoms with Crippen LogP contribution in [0.25, 0.3) is 9.69 Å². The van der Waals surface area contributed by atoms with Crippen LogP contribution in [0, 0.1) is 13.1 Å². The Bertz CT molecular complexity index is 851. The first-order chi connectivity index (χ1) is 17.7. The Morgan fingerprint density at radius 3 is 1.68 bits per heavy atom. The van der Waals surface area contributed by atoms with Crippen LogP contribution in [0.15, 0.2) is 0 Å². The maximum Gasteiger partial charge on any atom is 0.300 e. The zero-order valence-corrected chi connectivity index (χ0v) is 23.0. The van der Waals surface area contributed by atoms with E-state index < -0.39 is 0 Å². The van der Waals surface area contributed by atoms with Gasteiger partial charge in [0, 0.05) is 37.0 Å². The van der Waals surface area contributed by atoms with Crippen LogP contribution in [0.2, 0.25) is 0 Å². The van der Waals surface area contributed by atoms with Crippen molar-refractivity contribution in [2.45, 2.75) is 88.6 Å². The molecule has 0 spiro atoms. The second-order valence-electron chi connectivity index (χ2n) is 11.6. The second kappa shape index (κ2) is 13.5. The summed E-state index contributed by atoms with van der Waals surface area (Å²) in [5.41, 5.74) is 0.129. The maximum atomic E-state index is 12.2. The molecule has 2 amide bonds. The van der Waals surface area contributed by atoms with E-state index in [-0.39, 0.29) is 35.2 Å². The molecule has 4 aliphatic rings. The van der Waals surface area contributed by atoms with Gasteiger partial charge in [-0.3, -0.25) is 29.1 Å². The Balaban J connectivity index is 0.000000206. The molecule has 37 heavy (non-hydrogen) atoms. The molecule has 2 atom stereocenters. The number of hydrogen-bond donors (Lipinski definition) is 3. The molecule has 4 fully saturated rings. The first-order valence-corrected chi connectivity index (χ1v) is 13.9. The van der Waals surface area contributed by atoms with Crippen LogP contribution in [-0.2, 0) is 9.59 Å². The van der Waals surface area contributed by atoms with E-state index in [1.807, 2.05) is 0 Å². The van der Waals surface area contributed by atoms with E-state index >= 15 is 0 Å². The Morgan fingerprint density at radius 1 is 0.811 bits per heavy atom. The largest absolute Gasteiger partial charge is 0.317 e. The standard InChI is InChI=1S/C14H24N4O.C13H22N4O/c1-14(6-9-17(3)10-7-14)16-11-13(19)18-8-4-5-12(18)15-2;1-13(5-7-15-8-6-13)16-10-12(18)17-9-3-4-11(17)14-2/h12,16H,4-11H2,1,3H3;11,15-16H,3-10H2,1H3/t12-;11-/m00/s1. The van der Waals surface area contributed by atoms with E-state index in [1.165, 1.54) is 0 Å². The molecule has 3 N–H and O–H groups in total. The van der Waals surface area contributed by atoms with E-state index in [4.69, 9.17) is 13.1 Å². The fraction of sp³-hybridized carbons (Fsp3) is 0.852. The van der Waals surface area contributed by atoms with Crippen molar-refractivity contribution in [3.8, 4) is 0 Å². The Morgan fingerprint density at radius 2 is 1.24 bits per heavy atom. The molecule has 4 heterocycles. The number of carbonyl (C=O) groups is 2. The predicted octanol–water partition coefficient (Wildman–Crippen LogP) is 1.51. The molecule has 206 valence electrons. The van der Waals surface area contributed by atoms with Gasteiger partial charge in [-0.1, -0.05) is 0 Å². The zero-order valence-electron chi connectivity index (χ0n) is 23.0. The van der Waals surface area contributed by atoms with Crippen LogP contribution in [0.1, 0.15) is 65.2 Å². The lowest BCUT2D eigenvalue weighted by Gasteiger charge is -2.38. The lowest BCUT2D eigenvalue weighted by atomic mass is 9.90. The van der Waals surface area contributed by atoms with E-state index in [2.05, 4.69) is 51.4 Å². The summed E-state index contributed by atoms with van der Waals surface area (Å²) in [5, 5.41) is 10.1. The van der Waals surface area contributed by atoms with Crippen molar-refractivity contribution in [2.24, 2.45) is 0 Å². The van der Waals surface area contributed by atoms with E-state index in [0.29, 0.717) is 13.1 Å². The number of rotatable bonds is 6. The SMILES string of the molecule is [C-]#[N+][C@@H]1CCCN1C(=O)CNC1(C)CCN(C)CC1.[C-]#[N+][C@@H]1CCCN1C(=O)CNC1(C)CCNCC1. The molecule has 10 heteroatoms. The Hall–Kier alpha value is -2.24. The highest BCUT2D eigenvalue weighted by atomic mass is 16.2. The monoisotopic (exact) mass is 514 g/mol. The lowest BCUT2D eigenvalue weighted by Crippen LogP contribution is -2.53. The molecule has 0 aromatic rings. The van der Waals surface area contributed by atoms with Crippen molar-refractivity contribution in [2.75, 3.05) is 59.4 Å². The molecule has 4 rings (SSSR count). The van der Waals surface area contributed by atoms with E-state index in [9.17, 15) is 9.59 Å². The number of piperidine rings is 2. The van der Waals surface area contributed by atoms with Gasteiger partial charge >= 0.3 is 12.3 Å². The summed E-state index contributed by atoms with van der Waals surface area (Å²) in [6.45, 7) is 25.0. The summed E-state index contributed by atoms with van der Waals surface area (Å²) in [7, 11) is 2.13. The van der Waals surface area contributed by atoms with Crippen LogP contribution >= 0.6 is 0 Å². The predicted molar refractivity (Wildman–Crippen MR) is 144 cm³/mol. The van der Waals surface area contributed by atoms with Gasteiger partial charge in [0.1, 0.15) is 0 Å². The normalized spacial score (nSPS) is 27.1. The Kier molecular flexibility index (Phi) is 10.7. The molecular formula is C27H46N8O2. The zero-order chi connectivity index (χ0) is 26.9. The van der Waals surface area contributed by atoms with Gasteiger partial charge in [0.25, 0.3) is 0 Å². The van der Waals surface area contributed by atoms with Crippen molar-refractivity contribution < 1.29 is 9.59 Å². The summed E-state index contributed by atoms with van der Waals surface area (Å²) in [4.78, 5) is 37.1. The molecule has 10 nitrogen and oxygen atoms in total. The average molecular weight is 515 g/mol. The number of carbonyl (C=O) groups excluding carboxylic acids is 2. The molecule has 0 aromatic heterocycles. The van der Waals surface area contributed by atoms with Gasteiger partial charge in [-0.2, -0.15) is 0 Å². The van der Waals surface area contributed by atoms with Gasteiger partial charge in [-0.15, -0.1) is 0 Å². The van der Waals surface area contributed by atoms with Crippen LogP contribution in [0.3, 0.4) is 0 Å². The molecule has 0 radical (unpaired) electrons. The van der Waals surface area contributed by atoms with Crippen molar-refractivity contribution >= 4 is 11.8 Å². The minimum atomic E-state index is -0.223. The van der Waals surface area contributed by atoms with Gasteiger partial charge in [0.15, 0.2) is 0 Å². The molecular weight excluding hydrogens is 468 g/mol. The summed E-state index contributed by atoms with van der Waals surface area (Å²) in [5.74, 6) is 0.159. The molecule has 4 aliphatic heterocycles. The maximum absolute atomic E-state index is 12.2. The molecule has 0 aliphatic carbocycles. The third-order valence-electron chi connectivity index (χ3n) is 8.51. The quantitative estimate of drug-likeness (QED) is 0.466. The summed E-state index contributed by atoms with van der Waals surface area (Å²) in [6, 6.07) is 0. The fourth-order valence-electron chi connectivity index (χ4n) is 5.57. The van der Waals surface area contributed by atoms with Gasteiger partial charge in [0.05, 0.1) is 13.1 Å². The first-order valence-electron chi connectivity index (χ1n) is 13.9. The highest BCUT2D eigenvalue weighted by molar-refractivity contribution is 5.79. The van der Waals surface area contributed by atoms with Gasteiger partial charge in [-0.25, -0.2) is 13.1 Å².